The zero-order valence-corrected chi connectivity index (χ0v) is 26.1. The summed E-state index contributed by atoms with van der Waals surface area (Å²) in [6.07, 6.45) is -1.31. The summed E-state index contributed by atoms with van der Waals surface area (Å²) in [6.45, 7) is 1.41. The highest BCUT2D eigenvalue weighted by atomic mass is 16.5. The Bertz CT molecular complexity index is 1390. The number of amides is 4. The van der Waals surface area contributed by atoms with Crippen molar-refractivity contribution in [3.63, 3.8) is 0 Å². The number of guanidine groups is 1. The number of methoxy groups -OCH3 is 1. The summed E-state index contributed by atoms with van der Waals surface area (Å²) in [4.78, 5) is 79.5. The number of aliphatic imine (C=N–C) groups is 1. The van der Waals surface area contributed by atoms with Crippen molar-refractivity contribution < 1.29 is 43.3 Å². The molecule has 2 rings (SSSR count). The first-order valence-electron chi connectivity index (χ1n) is 14.7. The number of carboxylic acids is 1. The fourth-order valence-corrected chi connectivity index (χ4v) is 4.20. The summed E-state index contributed by atoms with van der Waals surface area (Å²) in [5.41, 5.74) is 12.1. The van der Waals surface area contributed by atoms with Crippen LogP contribution < -0.4 is 32.7 Å². The minimum absolute atomic E-state index is 0.0464. The molecule has 0 unspecified atom stereocenters. The first kappa shape index (κ1) is 37.5. The highest BCUT2D eigenvalue weighted by Crippen LogP contribution is 2.07. The van der Waals surface area contributed by atoms with E-state index in [1.807, 2.05) is 0 Å². The Morgan fingerprint density at radius 1 is 0.787 bits per heavy atom. The average molecular weight is 656 g/mol. The molecule has 4 amide bonds. The number of benzene rings is 2. The van der Waals surface area contributed by atoms with E-state index in [9.17, 15) is 33.9 Å². The summed E-state index contributed by atoms with van der Waals surface area (Å²) in [7, 11) is 1.14. The number of carbonyl (C=O) groups is 6. The zero-order valence-electron chi connectivity index (χ0n) is 26.1. The Hall–Kier alpha value is -5.67. The lowest BCUT2D eigenvalue weighted by Crippen LogP contribution is -2.57. The fraction of sp³-hybridized carbons (Fsp3) is 0.387. The molecule has 0 aromatic heterocycles. The summed E-state index contributed by atoms with van der Waals surface area (Å²) >= 11 is 0. The van der Waals surface area contributed by atoms with Crippen LogP contribution in [0, 0.1) is 0 Å². The van der Waals surface area contributed by atoms with Gasteiger partial charge in [-0.05, 0) is 30.9 Å². The van der Waals surface area contributed by atoms with Crippen LogP contribution in [0.5, 0.6) is 0 Å². The van der Waals surface area contributed by atoms with Gasteiger partial charge in [0.15, 0.2) is 5.96 Å². The largest absolute Gasteiger partial charge is 0.481 e. The van der Waals surface area contributed by atoms with E-state index in [1.165, 1.54) is 6.92 Å². The third-order valence-electron chi connectivity index (χ3n) is 6.62. The number of nitrogens with one attached hydrogen (secondary N) is 4. The van der Waals surface area contributed by atoms with Crippen molar-refractivity contribution in [3.05, 3.63) is 71.8 Å². The topological polar surface area (TPSA) is 254 Å². The quantitative estimate of drug-likeness (QED) is 0.0475. The Labute approximate surface area is 271 Å². The van der Waals surface area contributed by atoms with E-state index < -0.39 is 66.3 Å². The molecule has 0 saturated carbocycles. The van der Waals surface area contributed by atoms with Gasteiger partial charge in [-0.2, -0.15) is 0 Å². The van der Waals surface area contributed by atoms with Crippen molar-refractivity contribution in [1.82, 2.24) is 21.3 Å². The van der Waals surface area contributed by atoms with Gasteiger partial charge in [0.25, 0.3) is 0 Å². The second-order valence-electron chi connectivity index (χ2n) is 10.4. The summed E-state index contributed by atoms with van der Waals surface area (Å²) in [5.74, 6) is -4.94. The van der Waals surface area contributed by atoms with Crippen LogP contribution in [0.4, 0.5) is 4.79 Å². The molecule has 2 aromatic carbocycles. The van der Waals surface area contributed by atoms with Gasteiger partial charge < -0.3 is 47.3 Å². The minimum atomic E-state index is -1.61. The predicted octanol–water partition coefficient (Wildman–Crippen LogP) is -0.300. The highest BCUT2D eigenvalue weighted by Gasteiger charge is 2.31. The lowest BCUT2D eigenvalue weighted by Gasteiger charge is -2.24. The third-order valence-corrected chi connectivity index (χ3v) is 6.62. The Morgan fingerprint density at radius 2 is 1.36 bits per heavy atom. The van der Waals surface area contributed by atoms with Gasteiger partial charge in [-0.15, -0.1) is 0 Å². The van der Waals surface area contributed by atoms with E-state index in [-0.39, 0.29) is 38.4 Å². The molecule has 0 heterocycles. The molecular weight excluding hydrogens is 614 g/mol. The van der Waals surface area contributed by atoms with Crippen molar-refractivity contribution in [2.75, 3.05) is 13.7 Å². The average Bonchev–Trinajstić information content (AvgIpc) is 3.04. The molecule has 0 aliphatic rings. The van der Waals surface area contributed by atoms with Gasteiger partial charge in [-0.25, -0.2) is 9.59 Å². The second-order valence-corrected chi connectivity index (χ2v) is 10.4. The molecule has 0 aliphatic heterocycles. The SMILES string of the molecule is COC(=O)[C@H](Cc1ccccc1)NC(=O)[C@H](CC(=O)O)NC(=O)[C@@H](C)NC(=O)[C@H](CCCN=C(N)N)NC(=O)OCc1ccccc1. The lowest BCUT2D eigenvalue weighted by atomic mass is 10.0. The molecule has 2 aromatic rings. The van der Waals surface area contributed by atoms with E-state index >= 15 is 0 Å². The highest BCUT2D eigenvalue weighted by molar-refractivity contribution is 5.96. The van der Waals surface area contributed by atoms with Crippen LogP contribution in [0.25, 0.3) is 0 Å². The molecule has 0 bridgehead atoms. The van der Waals surface area contributed by atoms with Gasteiger partial charge in [0.1, 0.15) is 30.8 Å². The van der Waals surface area contributed by atoms with Crippen LogP contribution in [-0.4, -0.2) is 84.6 Å². The maximum Gasteiger partial charge on any atom is 0.408 e. The molecule has 0 radical (unpaired) electrons. The number of carboxylic acid groups (broad SMARTS) is 1. The molecule has 254 valence electrons. The number of nitrogens with zero attached hydrogens (tertiary/aromatic N) is 1. The number of carbonyl (C=O) groups excluding carboxylic acids is 5. The van der Waals surface area contributed by atoms with E-state index in [0.717, 1.165) is 12.7 Å². The Morgan fingerprint density at radius 3 is 1.94 bits per heavy atom. The van der Waals surface area contributed by atoms with Gasteiger partial charge in [0.2, 0.25) is 17.7 Å². The number of hydrogen-bond acceptors (Lipinski definition) is 9. The molecule has 0 aliphatic carbocycles. The van der Waals surface area contributed by atoms with Gasteiger partial charge in [-0.1, -0.05) is 60.7 Å². The van der Waals surface area contributed by atoms with Gasteiger partial charge in [0.05, 0.1) is 13.5 Å². The molecule has 16 heteroatoms. The molecule has 9 N–H and O–H groups in total. The van der Waals surface area contributed by atoms with Gasteiger partial charge in [0, 0.05) is 13.0 Å². The molecule has 4 atom stereocenters. The molecule has 16 nitrogen and oxygen atoms in total. The van der Waals surface area contributed by atoms with Crippen molar-refractivity contribution >= 4 is 41.7 Å². The van der Waals surface area contributed by atoms with Crippen LogP contribution in [0.1, 0.15) is 37.3 Å². The maximum atomic E-state index is 13.1. The molecule has 47 heavy (non-hydrogen) atoms. The number of esters is 1. The van der Waals surface area contributed by atoms with Crippen molar-refractivity contribution in [2.45, 2.75) is 63.4 Å². The van der Waals surface area contributed by atoms with E-state index in [4.69, 9.17) is 20.9 Å². The first-order chi connectivity index (χ1) is 22.4. The molecule has 0 saturated heterocycles. The number of rotatable bonds is 18. The molecule has 0 fully saturated rings. The smallest absolute Gasteiger partial charge is 0.408 e. The van der Waals surface area contributed by atoms with Crippen molar-refractivity contribution in [2.24, 2.45) is 16.5 Å². The summed E-state index contributed by atoms with van der Waals surface area (Å²) in [5, 5.41) is 19.0. The van der Waals surface area contributed by atoms with Crippen LogP contribution in [0.3, 0.4) is 0 Å². The number of hydrogen-bond donors (Lipinski definition) is 7. The summed E-state index contributed by atoms with van der Waals surface area (Å²) < 4.78 is 9.99. The van der Waals surface area contributed by atoms with Gasteiger partial charge in [-0.3, -0.25) is 24.2 Å². The maximum absolute atomic E-state index is 13.1. The van der Waals surface area contributed by atoms with Gasteiger partial charge >= 0.3 is 18.0 Å². The molecular formula is C31H41N7O9. The number of alkyl carbamates (subject to hydrolysis) is 1. The van der Waals surface area contributed by atoms with Crippen LogP contribution >= 0.6 is 0 Å². The predicted molar refractivity (Wildman–Crippen MR) is 169 cm³/mol. The number of nitrogens with two attached hydrogens (primary N) is 2. The number of ether oxygens (including phenoxy) is 2. The monoisotopic (exact) mass is 655 g/mol. The van der Waals surface area contributed by atoms with Crippen molar-refractivity contribution in [3.8, 4) is 0 Å². The molecule has 0 spiro atoms. The standard InChI is InChI=1S/C31H41N7O9/c1-19(35-27(42)22(14-9-15-34-30(32)33)38-31(45)47-18-21-12-7-4-8-13-21)26(41)36-23(17-25(39)40)28(43)37-24(29(44)46-2)16-20-10-5-3-6-11-20/h3-8,10-13,19,22-24H,9,14-18H2,1-2H3,(H,35,42)(H,36,41)(H,37,43)(H,38,45)(H,39,40)(H4,32,33,34)/t19-,22+,23+,24+/m1/s1. The fourth-order valence-electron chi connectivity index (χ4n) is 4.20. The van der Waals surface area contributed by atoms with E-state index in [2.05, 4.69) is 26.3 Å². The van der Waals surface area contributed by atoms with Crippen molar-refractivity contribution in [1.29, 1.82) is 0 Å². The van der Waals surface area contributed by atoms with E-state index in [1.54, 1.807) is 60.7 Å². The third kappa shape index (κ3) is 14.3. The Kier molecular flexibility index (Phi) is 15.7. The van der Waals surface area contributed by atoms with Crippen LogP contribution in [0.15, 0.2) is 65.7 Å². The van der Waals surface area contributed by atoms with Crippen LogP contribution in [-0.2, 0) is 46.5 Å². The van der Waals surface area contributed by atoms with Crippen LogP contribution in [0.2, 0.25) is 0 Å². The van der Waals surface area contributed by atoms with E-state index in [0.29, 0.717) is 5.56 Å². The first-order valence-corrected chi connectivity index (χ1v) is 14.7. The normalized spacial score (nSPS) is 13.0. The zero-order chi connectivity index (χ0) is 34.8. The second kappa shape index (κ2) is 19.7. The summed E-state index contributed by atoms with van der Waals surface area (Å²) in [6, 6.07) is 12.3. The number of aliphatic carboxylic acids is 1. The minimum Gasteiger partial charge on any atom is -0.481 e. The Balaban J connectivity index is 2.08. The lowest BCUT2D eigenvalue weighted by molar-refractivity contribution is -0.146.